The number of carbonyl (C=O) groups excluding carboxylic acids is 4. The van der Waals surface area contributed by atoms with Crippen LogP contribution in [0.4, 0.5) is 5.13 Å². The largest absolute Gasteiger partial charge is 0.497 e. The summed E-state index contributed by atoms with van der Waals surface area (Å²) in [6.07, 6.45) is 2.65. The number of carbonyl (C=O) groups is 4. The molecule has 2 aromatic rings. The quantitative estimate of drug-likeness (QED) is 0.631. The number of rotatable bonds is 5. The molecule has 0 bridgehead atoms. The Hall–Kier alpha value is -3.27. The highest BCUT2D eigenvalue weighted by Gasteiger charge is 2.35. The van der Waals surface area contributed by atoms with E-state index in [-0.39, 0.29) is 36.3 Å². The van der Waals surface area contributed by atoms with Crippen molar-refractivity contribution < 1.29 is 23.9 Å². The Morgan fingerprint density at radius 3 is 2.88 bits per heavy atom. The summed E-state index contributed by atoms with van der Waals surface area (Å²) in [5.74, 6) is -1.08. The Balaban J connectivity index is 1.43. The third kappa shape index (κ3) is 4.80. The number of hydrogen-bond donors (Lipinski definition) is 3. The Bertz CT molecular complexity index is 1070. The maximum atomic E-state index is 12.8. The van der Waals surface area contributed by atoms with E-state index in [1.807, 2.05) is 0 Å². The van der Waals surface area contributed by atoms with Gasteiger partial charge in [0, 0.05) is 24.9 Å². The van der Waals surface area contributed by atoms with E-state index in [1.54, 1.807) is 24.3 Å². The molecule has 2 heterocycles. The van der Waals surface area contributed by atoms with E-state index in [1.165, 1.54) is 7.11 Å². The average molecular weight is 457 g/mol. The molecule has 1 aliphatic heterocycles. The van der Waals surface area contributed by atoms with Gasteiger partial charge >= 0.3 is 0 Å². The van der Waals surface area contributed by atoms with Gasteiger partial charge in [0.1, 0.15) is 11.8 Å². The number of fused-ring (bicyclic) bond motifs is 1. The van der Waals surface area contributed by atoms with Gasteiger partial charge in [-0.25, -0.2) is 4.98 Å². The van der Waals surface area contributed by atoms with Crippen molar-refractivity contribution in [2.45, 2.75) is 38.1 Å². The number of ketones is 1. The number of hydrogen-bond acceptors (Lipinski definition) is 7. The normalized spacial score (nSPS) is 20.5. The van der Waals surface area contributed by atoms with Crippen LogP contribution < -0.4 is 20.7 Å². The standard InChI is InChI=1S/C22H24N4O5S/c1-31-14-6-4-5-12(9-14)19(28)26-22-25-16-10-13(11-17(27)18(16)32-22)20(29)24-15-7-2-3-8-23-21(15)30/h4-6,9,13,15H,2-3,7-8,10-11H2,1H3,(H,23,30)(H,24,29)(H,25,26,28)/t13-,15+/m1/s1. The summed E-state index contributed by atoms with van der Waals surface area (Å²) in [7, 11) is 1.52. The smallest absolute Gasteiger partial charge is 0.257 e. The van der Waals surface area contributed by atoms with Gasteiger partial charge < -0.3 is 15.4 Å². The van der Waals surface area contributed by atoms with Crippen molar-refractivity contribution in [3.8, 4) is 5.75 Å². The number of benzene rings is 1. The van der Waals surface area contributed by atoms with E-state index in [0.29, 0.717) is 40.0 Å². The first kappa shape index (κ1) is 21.9. The number of Topliss-reactive ketones (excluding diaryl/α,β-unsaturated/α-hetero) is 1. The molecule has 2 aliphatic rings. The van der Waals surface area contributed by atoms with Crippen LogP contribution in [-0.4, -0.2) is 48.2 Å². The molecule has 1 aromatic heterocycles. The summed E-state index contributed by atoms with van der Waals surface area (Å²) in [6, 6.07) is 6.14. The third-order valence-corrected chi connectivity index (χ3v) is 6.65. The second-order valence-corrected chi connectivity index (χ2v) is 8.86. The monoisotopic (exact) mass is 456 g/mol. The average Bonchev–Trinajstić information content (AvgIpc) is 3.09. The van der Waals surface area contributed by atoms with Crippen LogP contribution in [0.5, 0.6) is 5.75 Å². The molecule has 3 N–H and O–H groups in total. The fourth-order valence-corrected chi connectivity index (χ4v) is 4.81. The lowest BCUT2D eigenvalue weighted by Gasteiger charge is -2.22. The summed E-state index contributed by atoms with van der Waals surface area (Å²) in [5, 5.41) is 8.60. The van der Waals surface area contributed by atoms with Gasteiger partial charge in [-0.05, 0) is 37.5 Å². The number of nitrogens with one attached hydrogen (secondary N) is 3. The molecule has 1 aromatic carbocycles. The maximum Gasteiger partial charge on any atom is 0.257 e. The highest BCUT2D eigenvalue weighted by Crippen LogP contribution is 2.33. The Labute approximate surface area is 188 Å². The highest BCUT2D eigenvalue weighted by molar-refractivity contribution is 7.17. The SMILES string of the molecule is COc1cccc(C(=O)Nc2nc3c(s2)C(=O)C[C@H](C(=O)N[C@H]2CCCCNC2=O)C3)c1. The summed E-state index contributed by atoms with van der Waals surface area (Å²) in [5.41, 5.74) is 0.903. The molecular weight excluding hydrogens is 432 g/mol. The van der Waals surface area contributed by atoms with Crippen LogP contribution in [0.25, 0.3) is 0 Å². The molecule has 32 heavy (non-hydrogen) atoms. The summed E-state index contributed by atoms with van der Waals surface area (Å²) in [6.45, 7) is 0.611. The first-order valence-electron chi connectivity index (χ1n) is 10.5. The number of anilines is 1. The summed E-state index contributed by atoms with van der Waals surface area (Å²) < 4.78 is 5.14. The van der Waals surface area contributed by atoms with Crippen molar-refractivity contribution in [3.05, 3.63) is 40.4 Å². The maximum absolute atomic E-state index is 12.8. The molecule has 1 aliphatic carbocycles. The molecule has 168 valence electrons. The van der Waals surface area contributed by atoms with Crippen LogP contribution in [-0.2, 0) is 16.0 Å². The zero-order valence-electron chi connectivity index (χ0n) is 17.6. The number of methoxy groups -OCH3 is 1. The first-order valence-corrected chi connectivity index (χ1v) is 11.3. The van der Waals surface area contributed by atoms with Crippen molar-refractivity contribution in [1.82, 2.24) is 15.6 Å². The molecule has 10 heteroatoms. The molecule has 9 nitrogen and oxygen atoms in total. The van der Waals surface area contributed by atoms with Crippen LogP contribution in [0.3, 0.4) is 0 Å². The van der Waals surface area contributed by atoms with Gasteiger partial charge in [0.15, 0.2) is 10.9 Å². The molecule has 3 amide bonds. The Kier molecular flexibility index (Phi) is 6.50. The van der Waals surface area contributed by atoms with E-state index in [2.05, 4.69) is 20.9 Å². The van der Waals surface area contributed by atoms with Crippen LogP contribution >= 0.6 is 11.3 Å². The summed E-state index contributed by atoms with van der Waals surface area (Å²) in [4.78, 5) is 54.9. The topological polar surface area (TPSA) is 126 Å². The lowest BCUT2D eigenvalue weighted by atomic mass is 9.89. The Morgan fingerprint density at radius 1 is 1.22 bits per heavy atom. The van der Waals surface area contributed by atoms with Crippen molar-refractivity contribution in [2.75, 3.05) is 19.0 Å². The van der Waals surface area contributed by atoms with Gasteiger partial charge in [0.05, 0.1) is 23.6 Å². The second-order valence-electron chi connectivity index (χ2n) is 7.86. The van der Waals surface area contributed by atoms with Crippen LogP contribution in [0, 0.1) is 5.92 Å². The molecule has 1 fully saturated rings. The lowest BCUT2D eigenvalue weighted by molar-refractivity contribution is -0.131. The number of aromatic nitrogens is 1. The molecule has 0 spiro atoms. The van der Waals surface area contributed by atoms with E-state index < -0.39 is 12.0 Å². The molecule has 0 radical (unpaired) electrons. The minimum Gasteiger partial charge on any atom is -0.497 e. The van der Waals surface area contributed by atoms with Gasteiger partial charge in [-0.3, -0.25) is 24.5 Å². The zero-order chi connectivity index (χ0) is 22.7. The van der Waals surface area contributed by atoms with E-state index in [4.69, 9.17) is 4.74 Å². The fourth-order valence-electron chi connectivity index (χ4n) is 3.87. The van der Waals surface area contributed by atoms with E-state index >= 15 is 0 Å². The van der Waals surface area contributed by atoms with Crippen molar-refractivity contribution in [2.24, 2.45) is 5.92 Å². The van der Waals surface area contributed by atoms with Gasteiger partial charge in [0.25, 0.3) is 5.91 Å². The predicted molar refractivity (Wildman–Crippen MR) is 118 cm³/mol. The molecule has 4 rings (SSSR count). The van der Waals surface area contributed by atoms with E-state index in [0.717, 1.165) is 24.2 Å². The van der Waals surface area contributed by atoms with E-state index in [9.17, 15) is 19.2 Å². The third-order valence-electron chi connectivity index (χ3n) is 5.60. The molecular formula is C22H24N4O5S. The Morgan fingerprint density at radius 2 is 2.06 bits per heavy atom. The number of amides is 3. The van der Waals surface area contributed by atoms with Gasteiger partial charge in [-0.1, -0.05) is 17.4 Å². The number of nitrogens with zero attached hydrogens (tertiary/aromatic N) is 1. The van der Waals surface area contributed by atoms with Crippen molar-refractivity contribution in [3.63, 3.8) is 0 Å². The number of thiazole rings is 1. The van der Waals surface area contributed by atoms with Crippen LogP contribution in [0.15, 0.2) is 24.3 Å². The predicted octanol–water partition coefficient (Wildman–Crippen LogP) is 1.93. The van der Waals surface area contributed by atoms with Crippen LogP contribution in [0.2, 0.25) is 0 Å². The number of ether oxygens (including phenoxy) is 1. The van der Waals surface area contributed by atoms with Gasteiger partial charge in [0.2, 0.25) is 11.8 Å². The fraction of sp³-hybridized carbons (Fsp3) is 0.409. The first-order chi connectivity index (χ1) is 15.4. The van der Waals surface area contributed by atoms with Crippen molar-refractivity contribution in [1.29, 1.82) is 0 Å². The minimum atomic E-state index is -0.588. The second kappa shape index (κ2) is 9.47. The minimum absolute atomic E-state index is 0.0542. The molecule has 2 atom stereocenters. The van der Waals surface area contributed by atoms with Gasteiger partial charge in [-0.15, -0.1) is 0 Å². The molecule has 0 unspecified atom stereocenters. The zero-order valence-corrected chi connectivity index (χ0v) is 18.4. The molecule has 1 saturated heterocycles. The summed E-state index contributed by atoms with van der Waals surface area (Å²) >= 11 is 1.11. The van der Waals surface area contributed by atoms with Crippen LogP contribution in [0.1, 0.15) is 51.4 Å². The molecule has 0 saturated carbocycles. The van der Waals surface area contributed by atoms with Gasteiger partial charge in [-0.2, -0.15) is 0 Å². The lowest BCUT2D eigenvalue weighted by Crippen LogP contribution is -2.48. The highest BCUT2D eigenvalue weighted by atomic mass is 32.1. The van der Waals surface area contributed by atoms with Crippen molar-refractivity contribution >= 4 is 40.0 Å².